The molecular formula is C15H20N4O. The van der Waals surface area contributed by atoms with Crippen LogP contribution in [-0.2, 0) is 0 Å². The molecule has 0 aliphatic carbocycles. The van der Waals surface area contributed by atoms with Crippen LogP contribution in [0.2, 0.25) is 0 Å². The Bertz CT molecular complexity index is 619. The first-order valence-corrected chi connectivity index (χ1v) is 7.57. The lowest BCUT2D eigenvalue weighted by Crippen LogP contribution is -2.24. The number of anilines is 2. The molecule has 2 aliphatic rings. The second kappa shape index (κ2) is 4.58. The van der Waals surface area contributed by atoms with Crippen molar-refractivity contribution in [3.8, 4) is 0 Å². The van der Waals surface area contributed by atoms with Gasteiger partial charge in [0, 0.05) is 26.2 Å². The summed E-state index contributed by atoms with van der Waals surface area (Å²) in [5.74, 6) is 0. The average Bonchev–Trinajstić information content (AvgIpc) is 3.18. The summed E-state index contributed by atoms with van der Waals surface area (Å²) in [7, 11) is 0. The molecule has 0 saturated carbocycles. The third-order valence-electron chi connectivity index (χ3n) is 4.50. The van der Waals surface area contributed by atoms with Crippen LogP contribution >= 0.6 is 0 Å². The van der Waals surface area contributed by atoms with Gasteiger partial charge in [0.2, 0.25) is 0 Å². The number of aromatic amines is 2. The van der Waals surface area contributed by atoms with E-state index in [9.17, 15) is 4.79 Å². The molecule has 0 amide bonds. The fourth-order valence-electron chi connectivity index (χ4n) is 3.48. The fraction of sp³-hybridized carbons (Fsp3) is 0.533. The molecule has 0 bridgehead atoms. The lowest BCUT2D eigenvalue weighted by molar-refractivity contribution is 0.929. The molecular weight excluding hydrogens is 252 g/mol. The van der Waals surface area contributed by atoms with Gasteiger partial charge >= 0.3 is 5.69 Å². The summed E-state index contributed by atoms with van der Waals surface area (Å²) in [4.78, 5) is 22.2. The molecule has 1 aromatic heterocycles. The lowest BCUT2D eigenvalue weighted by Gasteiger charge is -2.27. The summed E-state index contributed by atoms with van der Waals surface area (Å²) in [6.07, 6.45) is 5.06. The zero-order valence-electron chi connectivity index (χ0n) is 11.6. The van der Waals surface area contributed by atoms with E-state index in [1.165, 1.54) is 37.1 Å². The largest absolute Gasteiger partial charge is 0.370 e. The molecule has 0 unspecified atom stereocenters. The summed E-state index contributed by atoms with van der Waals surface area (Å²) in [5, 5.41) is 0. The van der Waals surface area contributed by atoms with Gasteiger partial charge in [-0.1, -0.05) is 0 Å². The van der Waals surface area contributed by atoms with E-state index in [-0.39, 0.29) is 5.69 Å². The Kier molecular flexibility index (Phi) is 2.72. The number of hydrogen-bond donors (Lipinski definition) is 2. The molecule has 2 aromatic rings. The minimum atomic E-state index is -0.119. The Hall–Kier alpha value is -1.91. The molecule has 5 nitrogen and oxygen atoms in total. The molecule has 2 N–H and O–H groups in total. The van der Waals surface area contributed by atoms with Crippen molar-refractivity contribution in [3.05, 3.63) is 22.6 Å². The Morgan fingerprint density at radius 1 is 0.750 bits per heavy atom. The van der Waals surface area contributed by atoms with Crippen LogP contribution in [0.15, 0.2) is 16.9 Å². The summed E-state index contributed by atoms with van der Waals surface area (Å²) in [5.41, 5.74) is 4.28. The molecule has 20 heavy (non-hydrogen) atoms. The van der Waals surface area contributed by atoms with Crippen LogP contribution < -0.4 is 15.5 Å². The van der Waals surface area contributed by atoms with Crippen molar-refractivity contribution in [1.82, 2.24) is 9.97 Å². The predicted molar refractivity (Wildman–Crippen MR) is 81.8 cm³/mol. The second-order valence-electron chi connectivity index (χ2n) is 5.85. The predicted octanol–water partition coefficient (Wildman–Crippen LogP) is 2.06. The summed E-state index contributed by atoms with van der Waals surface area (Å²) >= 11 is 0. The van der Waals surface area contributed by atoms with Crippen molar-refractivity contribution in [2.45, 2.75) is 25.7 Å². The molecule has 106 valence electrons. The normalized spacial score (nSPS) is 19.4. The number of benzene rings is 1. The molecule has 2 fully saturated rings. The first kappa shape index (κ1) is 11.9. The van der Waals surface area contributed by atoms with Crippen LogP contribution in [0.1, 0.15) is 25.7 Å². The Balaban J connectivity index is 1.87. The van der Waals surface area contributed by atoms with Crippen molar-refractivity contribution in [2.24, 2.45) is 0 Å². The average molecular weight is 272 g/mol. The van der Waals surface area contributed by atoms with Crippen LogP contribution in [0.4, 0.5) is 11.4 Å². The number of imidazole rings is 1. The highest BCUT2D eigenvalue weighted by Gasteiger charge is 2.22. The van der Waals surface area contributed by atoms with Gasteiger partial charge in [-0.25, -0.2) is 4.79 Å². The number of H-pyrrole nitrogens is 2. The van der Waals surface area contributed by atoms with E-state index < -0.39 is 0 Å². The maximum absolute atomic E-state index is 11.5. The highest BCUT2D eigenvalue weighted by Crippen LogP contribution is 2.36. The zero-order chi connectivity index (χ0) is 13.5. The molecule has 4 rings (SSSR count). The van der Waals surface area contributed by atoms with Crippen LogP contribution in [0.25, 0.3) is 11.0 Å². The molecule has 5 heteroatoms. The van der Waals surface area contributed by atoms with E-state index in [1.807, 2.05) is 0 Å². The van der Waals surface area contributed by atoms with Crippen molar-refractivity contribution < 1.29 is 0 Å². The van der Waals surface area contributed by atoms with E-state index >= 15 is 0 Å². The Morgan fingerprint density at radius 3 is 1.55 bits per heavy atom. The van der Waals surface area contributed by atoms with Crippen LogP contribution in [0.3, 0.4) is 0 Å². The summed E-state index contributed by atoms with van der Waals surface area (Å²) < 4.78 is 0. The highest BCUT2D eigenvalue weighted by molar-refractivity contribution is 5.88. The van der Waals surface area contributed by atoms with E-state index in [4.69, 9.17) is 0 Å². The lowest BCUT2D eigenvalue weighted by atomic mass is 10.2. The van der Waals surface area contributed by atoms with Gasteiger partial charge in [0.1, 0.15) is 0 Å². The van der Waals surface area contributed by atoms with Gasteiger partial charge in [-0.15, -0.1) is 0 Å². The first-order valence-electron chi connectivity index (χ1n) is 7.57. The number of fused-ring (bicyclic) bond motifs is 1. The van der Waals surface area contributed by atoms with E-state index in [0.29, 0.717) is 0 Å². The second-order valence-corrected chi connectivity index (χ2v) is 5.85. The fourth-order valence-corrected chi connectivity index (χ4v) is 3.48. The molecule has 1 aromatic carbocycles. The Morgan fingerprint density at radius 2 is 1.15 bits per heavy atom. The number of nitrogens with zero attached hydrogens (tertiary/aromatic N) is 2. The SMILES string of the molecule is O=c1[nH]c2cc(N3CCCC3)c(N3CCCC3)cc2[nH]1. The number of nitrogens with one attached hydrogen (secondary N) is 2. The van der Waals surface area contributed by atoms with Crippen molar-refractivity contribution in [3.63, 3.8) is 0 Å². The van der Waals surface area contributed by atoms with Gasteiger partial charge in [-0.3, -0.25) is 0 Å². The van der Waals surface area contributed by atoms with Gasteiger partial charge in [-0.05, 0) is 37.8 Å². The zero-order valence-corrected chi connectivity index (χ0v) is 11.6. The molecule has 3 heterocycles. The molecule has 0 radical (unpaired) electrons. The quantitative estimate of drug-likeness (QED) is 0.880. The van der Waals surface area contributed by atoms with Crippen LogP contribution in [-0.4, -0.2) is 36.1 Å². The van der Waals surface area contributed by atoms with Crippen molar-refractivity contribution >= 4 is 22.4 Å². The monoisotopic (exact) mass is 272 g/mol. The van der Waals surface area contributed by atoms with Crippen molar-refractivity contribution in [1.29, 1.82) is 0 Å². The molecule has 0 atom stereocenters. The maximum atomic E-state index is 11.5. The Labute approximate surface area is 117 Å². The van der Waals surface area contributed by atoms with Crippen LogP contribution in [0.5, 0.6) is 0 Å². The number of rotatable bonds is 2. The van der Waals surface area contributed by atoms with E-state index in [1.54, 1.807) is 0 Å². The van der Waals surface area contributed by atoms with Gasteiger partial charge in [-0.2, -0.15) is 0 Å². The van der Waals surface area contributed by atoms with Gasteiger partial charge in [0.05, 0.1) is 22.4 Å². The summed E-state index contributed by atoms with van der Waals surface area (Å²) in [6.45, 7) is 4.50. The van der Waals surface area contributed by atoms with Crippen molar-refractivity contribution in [2.75, 3.05) is 36.0 Å². The highest BCUT2D eigenvalue weighted by atomic mass is 16.1. The number of aromatic nitrogens is 2. The van der Waals surface area contributed by atoms with E-state index in [0.717, 1.165) is 37.2 Å². The van der Waals surface area contributed by atoms with E-state index in [2.05, 4.69) is 31.9 Å². The summed E-state index contributed by atoms with van der Waals surface area (Å²) in [6, 6.07) is 4.29. The molecule has 2 aliphatic heterocycles. The van der Waals surface area contributed by atoms with Crippen LogP contribution in [0, 0.1) is 0 Å². The molecule has 2 saturated heterocycles. The molecule has 0 spiro atoms. The topological polar surface area (TPSA) is 55.1 Å². The van der Waals surface area contributed by atoms with Gasteiger partial charge in [0.25, 0.3) is 0 Å². The standard InChI is InChI=1S/C15H20N4O/c20-15-16-11-9-13(18-5-1-2-6-18)14(10-12(11)17-15)19-7-3-4-8-19/h9-10H,1-8H2,(H2,16,17,20). The smallest absolute Gasteiger partial charge is 0.323 e. The first-order chi connectivity index (χ1) is 9.81. The minimum Gasteiger partial charge on any atom is -0.370 e. The maximum Gasteiger partial charge on any atom is 0.323 e. The number of hydrogen-bond acceptors (Lipinski definition) is 3. The van der Waals surface area contributed by atoms with Gasteiger partial charge < -0.3 is 19.8 Å². The minimum absolute atomic E-state index is 0.119. The third kappa shape index (κ3) is 1.88. The third-order valence-corrected chi connectivity index (χ3v) is 4.50. The van der Waals surface area contributed by atoms with Gasteiger partial charge in [0.15, 0.2) is 0 Å².